The predicted octanol–water partition coefficient (Wildman–Crippen LogP) is 4.10. The number of benzene rings is 1. The standard InChI is InChI=1S/C29H36N6O2S/c1-21(36)34-14-16-35(17-15-34)26-19-25(29(2,3)4)32-28(33-26)38-20-22-8-7-9-23(18-22)27(37)31-13-11-24-10-5-6-12-30-24/h5-10,12,18-19H,11,13-17,20H2,1-4H3,(H,31,37). The average Bonchev–Trinajstić information content (AvgIpc) is 2.92. The van der Waals surface area contributed by atoms with Crippen molar-refractivity contribution in [2.45, 2.75) is 50.4 Å². The minimum atomic E-state index is -0.124. The molecule has 0 atom stereocenters. The third kappa shape index (κ3) is 7.54. The van der Waals surface area contributed by atoms with Gasteiger partial charge in [-0.3, -0.25) is 14.6 Å². The Kier molecular flexibility index (Phi) is 8.99. The number of hydrogen-bond acceptors (Lipinski definition) is 7. The first-order valence-corrected chi connectivity index (χ1v) is 14.0. The van der Waals surface area contributed by atoms with Crippen LogP contribution in [-0.2, 0) is 22.4 Å². The molecule has 0 aliphatic carbocycles. The van der Waals surface area contributed by atoms with Crippen molar-refractivity contribution in [1.82, 2.24) is 25.2 Å². The minimum absolute atomic E-state index is 0.0919. The van der Waals surface area contributed by atoms with Gasteiger partial charge in [0.05, 0.1) is 5.69 Å². The first-order chi connectivity index (χ1) is 18.2. The Labute approximate surface area is 229 Å². The van der Waals surface area contributed by atoms with Crippen LogP contribution in [0.5, 0.6) is 0 Å². The maximum absolute atomic E-state index is 12.7. The molecule has 2 amide bonds. The maximum atomic E-state index is 12.7. The SMILES string of the molecule is CC(=O)N1CCN(c2cc(C(C)(C)C)nc(SCc3cccc(C(=O)NCCc4ccccn4)c3)n2)CC1. The summed E-state index contributed by atoms with van der Waals surface area (Å²) in [5, 5.41) is 3.70. The Bertz CT molecular complexity index is 1250. The van der Waals surface area contributed by atoms with Gasteiger partial charge in [0.1, 0.15) is 5.82 Å². The molecule has 1 saturated heterocycles. The largest absolute Gasteiger partial charge is 0.353 e. The summed E-state index contributed by atoms with van der Waals surface area (Å²) in [6.45, 7) is 11.5. The molecule has 1 aliphatic heterocycles. The van der Waals surface area contributed by atoms with E-state index in [9.17, 15) is 9.59 Å². The number of anilines is 1. The van der Waals surface area contributed by atoms with Crippen molar-refractivity contribution in [1.29, 1.82) is 0 Å². The fourth-order valence-electron chi connectivity index (χ4n) is 4.18. The Hall–Kier alpha value is -3.46. The number of rotatable bonds is 8. The van der Waals surface area contributed by atoms with E-state index in [1.54, 1.807) is 24.9 Å². The van der Waals surface area contributed by atoms with Crippen molar-refractivity contribution in [3.8, 4) is 0 Å². The lowest BCUT2D eigenvalue weighted by molar-refractivity contribution is -0.129. The second kappa shape index (κ2) is 12.4. The van der Waals surface area contributed by atoms with Crippen molar-refractivity contribution in [3.63, 3.8) is 0 Å². The molecular formula is C29H36N6O2S. The van der Waals surface area contributed by atoms with Gasteiger partial charge < -0.3 is 15.1 Å². The number of piperazine rings is 1. The minimum Gasteiger partial charge on any atom is -0.353 e. The summed E-state index contributed by atoms with van der Waals surface area (Å²) in [4.78, 5) is 42.6. The molecule has 0 bridgehead atoms. The second-order valence-corrected chi connectivity index (χ2v) is 11.4. The van der Waals surface area contributed by atoms with Gasteiger partial charge in [0, 0.05) is 80.8 Å². The van der Waals surface area contributed by atoms with Gasteiger partial charge in [-0.2, -0.15) is 0 Å². The predicted molar refractivity (Wildman–Crippen MR) is 151 cm³/mol. The molecule has 4 rings (SSSR count). The van der Waals surface area contributed by atoms with Crippen LogP contribution in [0, 0.1) is 0 Å². The third-order valence-corrected chi connectivity index (χ3v) is 7.38. The lowest BCUT2D eigenvalue weighted by Crippen LogP contribution is -2.48. The zero-order valence-corrected chi connectivity index (χ0v) is 23.4. The Balaban J connectivity index is 1.41. The monoisotopic (exact) mass is 532 g/mol. The Morgan fingerprint density at radius 3 is 2.47 bits per heavy atom. The van der Waals surface area contributed by atoms with Gasteiger partial charge in [-0.05, 0) is 29.8 Å². The van der Waals surface area contributed by atoms with E-state index in [1.165, 1.54) is 0 Å². The van der Waals surface area contributed by atoms with Crippen molar-refractivity contribution in [2.24, 2.45) is 0 Å². The quantitative estimate of drug-likeness (QED) is 0.345. The Morgan fingerprint density at radius 1 is 1.00 bits per heavy atom. The molecule has 3 heterocycles. The molecule has 0 radical (unpaired) electrons. The summed E-state index contributed by atoms with van der Waals surface area (Å²) in [6, 6.07) is 15.6. The highest BCUT2D eigenvalue weighted by Gasteiger charge is 2.24. The van der Waals surface area contributed by atoms with E-state index >= 15 is 0 Å². The van der Waals surface area contributed by atoms with E-state index in [1.807, 2.05) is 47.4 Å². The van der Waals surface area contributed by atoms with Crippen molar-refractivity contribution < 1.29 is 9.59 Å². The van der Waals surface area contributed by atoms with E-state index in [0.717, 1.165) is 35.9 Å². The normalized spacial score (nSPS) is 13.9. The molecule has 0 spiro atoms. The zero-order chi connectivity index (χ0) is 27.1. The summed E-state index contributed by atoms with van der Waals surface area (Å²) in [5.41, 5.74) is 3.49. The number of hydrogen-bond donors (Lipinski definition) is 1. The number of pyridine rings is 1. The molecule has 1 aromatic carbocycles. The van der Waals surface area contributed by atoms with E-state index < -0.39 is 0 Å². The molecular weight excluding hydrogens is 496 g/mol. The lowest BCUT2D eigenvalue weighted by atomic mass is 9.92. The van der Waals surface area contributed by atoms with Crippen LogP contribution in [0.1, 0.15) is 55.0 Å². The highest BCUT2D eigenvalue weighted by Crippen LogP contribution is 2.29. The number of aromatic nitrogens is 3. The molecule has 0 saturated carbocycles. The van der Waals surface area contributed by atoms with Crippen molar-refractivity contribution >= 4 is 29.4 Å². The van der Waals surface area contributed by atoms with Crippen LogP contribution in [0.4, 0.5) is 5.82 Å². The molecule has 200 valence electrons. The number of carbonyl (C=O) groups is 2. The smallest absolute Gasteiger partial charge is 0.251 e. The number of amides is 2. The van der Waals surface area contributed by atoms with Gasteiger partial charge in [0.2, 0.25) is 5.91 Å². The molecule has 1 aliphatic rings. The Morgan fingerprint density at radius 2 is 1.79 bits per heavy atom. The van der Waals surface area contributed by atoms with Gasteiger partial charge in [-0.15, -0.1) is 0 Å². The first kappa shape index (κ1) is 27.6. The van der Waals surface area contributed by atoms with Crippen LogP contribution in [0.25, 0.3) is 0 Å². The van der Waals surface area contributed by atoms with E-state index in [4.69, 9.17) is 9.97 Å². The van der Waals surface area contributed by atoms with E-state index in [2.05, 4.69) is 42.0 Å². The molecule has 1 fully saturated rings. The van der Waals surface area contributed by atoms with Crippen molar-refractivity contribution in [2.75, 3.05) is 37.6 Å². The summed E-state index contributed by atoms with van der Waals surface area (Å²) >= 11 is 1.57. The number of thioether (sulfide) groups is 1. The third-order valence-electron chi connectivity index (χ3n) is 6.46. The highest BCUT2D eigenvalue weighted by atomic mass is 32.2. The summed E-state index contributed by atoms with van der Waals surface area (Å²) in [7, 11) is 0. The van der Waals surface area contributed by atoms with Gasteiger partial charge in [0.25, 0.3) is 5.91 Å². The van der Waals surface area contributed by atoms with E-state index in [-0.39, 0.29) is 17.2 Å². The maximum Gasteiger partial charge on any atom is 0.251 e. The van der Waals surface area contributed by atoms with Crippen LogP contribution in [0.15, 0.2) is 59.9 Å². The number of nitrogens with zero attached hydrogens (tertiary/aromatic N) is 5. The molecule has 0 unspecified atom stereocenters. The van der Waals surface area contributed by atoms with Crippen LogP contribution < -0.4 is 10.2 Å². The van der Waals surface area contributed by atoms with Gasteiger partial charge in [-0.1, -0.05) is 50.7 Å². The molecule has 1 N–H and O–H groups in total. The van der Waals surface area contributed by atoms with Gasteiger partial charge >= 0.3 is 0 Å². The lowest BCUT2D eigenvalue weighted by Gasteiger charge is -2.35. The van der Waals surface area contributed by atoms with Gasteiger partial charge in [0.15, 0.2) is 5.16 Å². The summed E-state index contributed by atoms with van der Waals surface area (Å²) in [5.74, 6) is 1.57. The molecule has 38 heavy (non-hydrogen) atoms. The highest BCUT2D eigenvalue weighted by molar-refractivity contribution is 7.98. The molecule has 9 heteroatoms. The molecule has 8 nitrogen and oxygen atoms in total. The fraction of sp³-hybridized carbons (Fsp3) is 0.414. The van der Waals surface area contributed by atoms with Gasteiger partial charge in [-0.25, -0.2) is 9.97 Å². The van der Waals surface area contributed by atoms with E-state index in [0.29, 0.717) is 42.5 Å². The molecule has 3 aromatic rings. The van der Waals surface area contributed by atoms with Crippen LogP contribution in [0.3, 0.4) is 0 Å². The number of carbonyl (C=O) groups excluding carboxylic acids is 2. The number of nitrogens with one attached hydrogen (secondary N) is 1. The zero-order valence-electron chi connectivity index (χ0n) is 22.6. The summed E-state index contributed by atoms with van der Waals surface area (Å²) in [6.07, 6.45) is 2.45. The topological polar surface area (TPSA) is 91.3 Å². The first-order valence-electron chi connectivity index (χ1n) is 13.0. The average molecular weight is 533 g/mol. The fourth-order valence-corrected chi connectivity index (χ4v) is 4.97. The summed E-state index contributed by atoms with van der Waals surface area (Å²) < 4.78 is 0. The van der Waals surface area contributed by atoms with Crippen molar-refractivity contribution in [3.05, 3.63) is 77.2 Å². The van der Waals surface area contributed by atoms with Crippen LogP contribution >= 0.6 is 11.8 Å². The molecule has 2 aromatic heterocycles. The van der Waals surface area contributed by atoms with Crippen LogP contribution in [-0.4, -0.2) is 64.4 Å². The second-order valence-electron chi connectivity index (χ2n) is 10.5. The van der Waals surface area contributed by atoms with Crippen LogP contribution in [0.2, 0.25) is 0 Å².